The first-order valence-corrected chi connectivity index (χ1v) is 21.8. The third-order valence-corrected chi connectivity index (χ3v) is 13.0. The van der Waals surface area contributed by atoms with Crippen LogP contribution in [0.5, 0.6) is 0 Å². The van der Waals surface area contributed by atoms with E-state index in [1.165, 1.54) is 33.4 Å². The van der Waals surface area contributed by atoms with Gasteiger partial charge in [-0.15, -0.1) is 0 Å². The Kier molecular flexibility index (Phi) is 8.80. The molecule has 302 valence electrons. The van der Waals surface area contributed by atoms with Gasteiger partial charge in [0.2, 0.25) is 0 Å². The number of nitrogens with zero attached hydrogens (tertiary/aromatic N) is 3. The molecule has 11 aromatic rings. The molecule has 4 heteroatoms. The van der Waals surface area contributed by atoms with Gasteiger partial charge in [-0.05, 0) is 92.0 Å². The zero-order valence-electron chi connectivity index (χ0n) is 35.5. The van der Waals surface area contributed by atoms with E-state index in [1.54, 1.807) is 0 Å². The van der Waals surface area contributed by atoms with Gasteiger partial charge in [0, 0.05) is 56.4 Å². The van der Waals surface area contributed by atoms with Crippen molar-refractivity contribution >= 4 is 21.9 Å². The third kappa shape index (κ3) is 6.26. The van der Waals surface area contributed by atoms with Crippen molar-refractivity contribution in [2.75, 3.05) is 0 Å². The second kappa shape index (κ2) is 15.0. The molecule has 3 heterocycles. The summed E-state index contributed by atoms with van der Waals surface area (Å²) in [6.45, 7) is 4.66. The second-order valence-corrected chi connectivity index (χ2v) is 17.2. The minimum Gasteiger partial charge on any atom is -0.455 e. The van der Waals surface area contributed by atoms with Gasteiger partial charge < -0.3 is 4.42 Å². The second-order valence-electron chi connectivity index (χ2n) is 17.2. The molecule has 0 saturated carbocycles. The molecule has 1 aliphatic carbocycles. The quantitative estimate of drug-likeness (QED) is 0.161. The summed E-state index contributed by atoms with van der Waals surface area (Å²) in [6, 6.07) is 70.9. The first-order chi connectivity index (χ1) is 31.5. The summed E-state index contributed by atoms with van der Waals surface area (Å²) in [5.74, 6) is 0.669. The third-order valence-electron chi connectivity index (χ3n) is 13.0. The van der Waals surface area contributed by atoms with Crippen LogP contribution in [0.3, 0.4) is 0 Å². The van der Waals surface area contributed by atoms with E-state index in [-0.39, 0.29) is 5.41 Å². The fraction of sp³-hybridized carbons (Fsp3) is 0.0500. The molecule has 0 fully saturated rings. The Hall–Kier alpha value is -8.21. The van der Waals surface area contributed by atoms with Gasteiger partial charge in [-0.1, -0.05) is 178 Å². The monoisotopic (exact) mass is 819 g/mol. The van der Waals surface area contributed by atoms with E-state index in [9.17, 15) is 0 Å². The Morgan fingerprint density at radius 2 is 1.03 bits per heavy atom. The first kappa shape index (κ1) is 37.5. The first-order valence-electron chi connectivity index (χ1n) is 21.8. The summed E-state index contributed by atoms with van der Waals surface area (Å²) in [4.78, 5) is 15.1. The van der Waals surface area contributed by atoms with Crippen LogP contribution in [0.4, 0.5) is 0 Å². The lowest BCUT2D eigenvalue weighted by Gasteiger charge is -2.23. The number of fused-ring (bicyclic) bond motifs is 6. The van der Waals surface area contributed by atoms with E-state index in [1.807, 2.05) is 48.8 Å². The van der Waals surface area contributed by atoms with Crippen molar-refractivity contribution in [1.29, 1.82) is 0 Å². The van der Waals surface area contributed by atoms with E-state index in [2.05, 4.69) is 183 Å². The lowest BCUT2D eigenvalue weighted by Crippen LogP contribution is -2.14. The normalized spacial score (nSPS) is 12.7. The van der Waals surface area contributed by atoms with Gasteiger partial charge in [-0.3, -0.25) is 4.98 Å². The highest BCUT2D eigenvalue weighted by molar-refractivity contribution is 6.10. The van der Waals surface area contributed by atoms with Crippen LogP contribution in [0.25, 0.3) is 111 Å². The molecule has 12 rings (SSSR count). The molecule has 0 spiro atoms. The number of furan rings is 1. The van der Waals surface area contributed by atoms with Gasteiger partial charge in [0.05, 0.1) is 11.4 Å². The van der Waals surface area contributed by atoms with Crippen LogP contribution < -0.4 is 0 Å². The number of benzene rings is 8. The molecule has 64 heavy (non-hydrogen) atoms. The van der Waals surface area contributed by atoms with E-state index in [0.29, 0.717) is 5.82 Å². The molecule has 0 unspecified atom stereocenters. The van der Waals surface area contributed by atoms with E-state index >= 15 is 0 Å². The molecule has 1 aliphatic rings. The zero-order chi connectivity index (χ0) is 42.8. The highest BCUT2D eigenvalue weighted by atomic mass is 16.3. The Labute approximate surface area is 372 Å². The zero-order valence-corrected chi connectivity index (χ0v) is 35.5. The maximum absolute atomic E-state index is 6.57. The fourth-order valence-corrected chi connectivity index (χ4v) is 9.83. The Morgan fingerprint density at radius 1 is 0.391 bits per heavy atom. The van der Waals surface area contributed by atoms with Crippen molar-refractivity contribution in [3.05, 3.63) is 224 Å². The molecular weight excluding hydrogens is 779 g/mol. The maximum Gasteiger partial charge on any atom is 0.160 e. The average molecular weight is 820 g/mol. The van der Waals surface area contributed by atoms with Gasteiger partial charge in [0.25, 0.3) is 0 Å². The summed E-state index contributed by atoms with van der Waals surface area (Å²) >= 11 is 0. The molecule has 0 amide bonds. The minimum absolute atomic E-state index is 0.116. The Morgan fingerprint density at radius 3 is 1.83 bits per heavy atom. The smallest absolute Gasteiger partial charge is 0.160 e. The van der Waals surface area contributed by atoms with Gasteiger partial charge in [-0.25, -0.2) is 9.97 Å². The van der Waals surface area contributed by atoms with Crippen LogP contribution in [-0.4, -0.2) is 15.0 Å². The highest BCUT2D eigenvalue weighted by Crippen LogP contribution is 2.54. The van der Waals surface area contributed by atoms with Gasteiger partial charge >= 0.3 is 0 Å². The maximum atomic E-state index is 6.57. The summed E-state index contributed by atoms with van der Waals surface area (Å²) < 4.78 is 6.57. The van der Waals surface area contributed by atoms with Crippen molar-refractivity contribution in [3.8, 4) is 89.5 Å². The van der Waals surface area contributed by atoms with Gasteiger partial charge in [0.15, 0.2) is 5.82 Å². The molecule has 4 nitrogen and oxygen atoms in total. The van der Waals surface area contributed by atoms with Crippen LogP contribution in [0.15, 0.2) is 217 Å². The van der Waals surface area contributed by atoms with Crippen LogP contribution in [0.2, 0.25) is 0 Å². The molecule has 8 aromatic carbocycles. The Balaban J connectivity index is 1.02. The lowest BCUT2D eigenvalue weighted by molar-refractivity contribution is 0.660. The highest BCUT2D eigenvalue weighted by Gasteiger charge is 2.37. The van der Waals surface area contributed by atoms with Crippen LogP contribution in [-0.2, 0) is 5.41 Å². The van der Waals surface area contributed by atoms with Crippen molar-refractivity contribution in [2.45, 2.75) is 19.3 Å². The molecule has 0 N–H and O–H groups in total. The van der Waals surface area contributed by atoms with Crippen molar-refractivity contribution in [2.24, 2.45) is 0 Å². The molecular formula is C60H41N3O. The largest absolute Gasteiger partial charge is 0.455 e. The van der Waals surface area contributed by atoms with Gasteiger partial charge in [-0.2, -0.15) is 0 Å². The summed E-state index contributed by atoms with van der Waals surface area (Å²) in [7, 11) is 0. The van der Waals surface area contributed by atoms with Crippen LogP contribution in [0.1, 0.15) is 25.0 Å². The lowest BCUT2D eigenvalue weighted by atomic mass is 9.80. The van der Waals surface area contributed by atoms with Crippen molar-refractivity contribution in [1.82, 2.24) is 15.0 Å². The van der Waals surface area contributed by atoms with Crippen LogP contribution >= 0.6 is 0 Å². The minimum atomic E-state index is -0.116. The summed E-state index contributed by atoms with van der Waals surface area (Å²) in [5.41, 5.74) is 20.4. The molecule has 0 bridgehead atoms. The molecule has 0 aliphatic heterocycles. The number of hydrogen-bond donors (Lipinski definition) is 0. The summed E-state index contributed by atoms with van der Waals surface area (Å²) in [6.07, 6.45) is 3.84. The van der Waals surface area contributed by atoms with Crippen molar-refractivity contribution < 1.29 is 4.42 Å². The topological polar surface area (TPSA) is 51.8 Å². The van der Waals surface area contributed by atoms with Crippen LogP contribution in [0, 0.1) is 0 Å². The molecule has 0 radical (unpaired) electrons. The van der Waals surface area contributed by atoms with Gasteiger partial charge in [0.1, 0.15) is 11.2 Å². The fourth-order valence-electron chi connectivity index (χ4n) is 9.83. The number of rotatable bonds is 7. The number of para-hydroxylation sites is 2. The summed E-state index contributed by atoms with van der Waals surface area (Å²) in [5, 5.41) is 2.21. The van der Waals surface area contributed by atoms with E-state index in [4.69, 9.17) is 14.4 Å². The van der Waals surface area contributed by atoms with E-state index in [0.717, 1.165) is 83.4 Å². The number of aromatic nitrogens is 3. The molecule has 3 aromatic heterocycles. The Bertz CT molecular complexity index is 3560. The SMILES string of the molecule is CC1(C)c2ccccc2-c2c1ccc(-c1ccc(-c3cc(-c4cc(-c5ccccc5)cc(-c5cccc6c5oc5ccccc56)c4)nc(-c4ccccc4)n3)cc1)c2-c1cccnc1. The number of hydrogen-bond acceptors (Lipinski definition) is 4. The molecule has 0 atom stereocenters. The predicted molar refractivity (Wildman–Crippen MR) is 263 cm³/mol. The molecule has 0 saturated heterocycles. The van der Waals surface area contributed by atoms with E-state index < -0.39 is 0 Å². The average Bonchev–Trinajstić information content (AvgIpc) is 3.86. The number of pyridine rings is 1. The standard InChI is InChI=1S/C60H41N3O/c1-60(2)51-24-11-9-21-50(51)57-52(60)31-30-46(56(57)42-19-14-32-61-37-42)39-26-28-40(29-27-39)53-36-54(63-59(62-53)41-17-7-4-8-18-41)45-34-43(38-15-5-3-6-16-38)33-44(35-45)47-22-13-23-49-48-20-10-12-25-55(48)64-58(47)49/h3-37H,1-2H3. The van der Waals surface area contributed by atoms with Crippen molar-refractivity contribution in [3.63, 3.8) is 0 Å². The predicted octanol–water partition coefficient (Wildman–Crippen LogP) is 15.7.